The van der Waals surface area contributed by atoms with Gasteiger partial charge in [-0.1, -0.05) is 6.08 Å². The molecule has 1 amide bonds. The number of thioether (sulfide) groups is 1. The molecule has 116 valence electrons. The van der Waals surface area contributed by atoms with Crippen LogP contribution in [0, 0.1) is 0 Å². The van der Waals surface area contributed by atoms with Crippen molar-refractivity contribution in [3.8, 4) is 0 Å². The Morgan fingerprint density at radius 1 is 1.46 bits per heavy atom. The Morgan fingerprint density at radius 3 is 3.08 bits per heavy atom. The van der Waals surface area contributed by atoms with Crippen LogP contribution in [0.3, 0.4) is 0 Å². The minimum absolute atomic E-state index is 0. The number of rotatable bonds is 2. The third-order valence-electron chi connectivity index (χ3n) is 4.91. The first-order valence-corrected chi connectivity index (χ1v) is 8.58. The van der Waals surface area contributed by atoms with E-state index in [1.807, 2.05) is 12.3 Å². The molecule has 2 unspecified atom stereocenters. The average molecular weight is 350 g/mol. The van der Waals surface area contributed by atoms with E-state index in [1.165, 1.54) is 21.9 Å². The zero-order valence-electron chi connectivity index (χ0n) is 13.2. The molecule has 0 aromatic rings. The van der Waals surface area contributed by atoms with Crippen molar-refractivity contribution in [3.05, 3.63) is 34.0 Å². The molecule has 1 aliphatic carbocycles. The van der Waals surface area contributed by atoms with Crippen molar-refractivity contribution in [1.82, 2.24) is 4.90 Å². The second-order valence-electron chi connectivity index (χ2n) is 6.16. The molecule has 24 heavy (non-hydrogen) atoms. The number of allylic oxidation sites excluding steroid dienone is 3. The van der Waals surface area contributed by atoms with E-state index in [9.17, 15) is 14.7 Å². The third kappa shape index (κ3) is 2.15. The summed E-state index contributed by atoms with van der Waals surface area (Å²) in [7, 11) is 0. The minimum Gasteiger partial charge on any atom is -0.543 e. The zero-order chi connectivity index (χ0) is 15.7. The second-order valence-corrected chi connectivity index (χ2v) is 7.31. The summed E-state index contributed by atoms with van der Waals surface area (Å²) >= 11 is 1.80. The number of carboxylic acids is 1. The topological polar surface area (TPSA) is 75.8 Å². The van der Waals surface area contributed by atoms with Gasteiger partial charge in [0.05, 0.1) is 22.6 Å². The predicted molar refractivity (Wildman–Crippen MR) is 82.4 cm³/mol. The van der Waals surface area contributed by atoms with E-state index in [1.54, 1.807) is 17.8 Å². The summed E-state index contributed by atoms with van der Waals surface area (Å²) in [5.74, 6) is -1.54. The van der Waals surface area contributed by atoms with Crippen LogP contribution in [0.5, 0.6) is 0 Å². The van der Waals surface area contributed by atoms with E-state index in [4.69, 9.17) is 0 Å². The molecule has 0 aromatic carbocycles. The Balaban J connectivity index is 0.00000146. The molecule has 2 atom stereocenters. The van der Waals surface area contributed by atoms with Crippen LogP contribution >= 0.6 is 11.8 Å². The third-order valence-corrected chi connectivity index (χ3v) is 6.18. The Labute approximate surface area is 165 Å². The summed E-state index contributed by atoms with van der Waals surface area (Å²) in [6, 6.07) is -0.171. The molecule has 0 bridgehead atoms. The van der Waals surface area contributed by atoms with Gasteiger partial charge >= 0.3 is 35.1 Å². The Bertz CT molecular complexity index is 840. The average Bonchev–Trinajstić information content (AvgIpc) is 3.23. The van der Waals surface area contributed by atoms with Crippen molar-refractivity contribution < 1.29 is 48.8 Å². The molecule has 1 saturated heterocycles. The van der Waals surface area contributed by atoms with Gasteiger partial charge in [-0.2, -0.15) is 4.58 Å². The number of β-lactam (4-membered cyclic amide) rings is 1. The largest absolute Gasteiger partial charge is 1.00 e. The fourth-order valence-electron chi connectivity index (χ4n) is 3.85. The molecule has 6 nitrogen and oxygen atoms in total. The summed E-state index contributed by atoms with van der Waals surface area (Å²) < 4.78 is 2.21. The standard InChI is InChI=1S/C16H13N3O3S.Na/c20-14-9(10-4-5-12(15(21)22)19(10)14)6-8-7-18-11-2-1-3-13(11)23-16(18)17-8;/h5-7,10,16H,1-4H2;/q;+1/b9-6+;. The number of carboxylic acid groups (broad SMARTS) is 1. The molecule has 5 rings (SSSR count). The summed E-state index contributed by atoms with van der Waals surface area (Å²) in [6.45, 7) is 0. The van der Waals surface area contributed by atoms with Gasteiger partial charge in [-0.3, -0.25) is 9.69 Å². The minimum atomic E-state index is -1.29. The van der Waals surface area contributed by atoms with Gasteiger partial charge in [-0.05, 0) is 37.1 Å². The van der Waals surface area contributed by atoms with Crippen molar-refractivity contribution in [3.63, 3.8) is 0 Å². The monoisotopic (exact) mass is 350 g/mol. The molecular formula is C16H13N3NaO3S+. The first-order valence-electron chi connectivity index (χ1n) is 7.70. The number of hydrogen-bond donors (Lipinski definition) is 0. The summed E-state index contributed by atoms with van der Waals surface area (Å²) in [5, 5.41) is 11.0. The van der Waals surface area contributed by atoms with Crippen LogP contribution in [-0.2, 0) is 9.59 Å². The van der Waals surface area contributed by atoms with E-state index >= 15 is 0 Å². The van der Waals surface area contributed by atoms with Gasteiger partial charge < -0.3 is 9.90 Å². The number of carbonyl (C=O) groups excluding carboxylic acids is 2. The number of carbonyl (C=O) groups is 2. The number of aliphatic carboxylic acids is 1. The molecule has 0 radical (unpaired) electrons. The molecule has 0 spiro atoms. The van der Waals surface area contributed by atoms with Crippen LogP contribution < -0.4 is 34.7 Å². The fraction of sp³-hybridized carbons (Fsp3) is 0.375. The number of amides is 1. The Morgan fingerprint density at radius 2 is 2.29 bits per heavy atom. The van der Waals surface area contributed by atoms with Crippen LogP contribution in [0.25, 0.3) is 0 Å². The van der Waals surface area contributed by atoms with E-state index in [2.05, 4.69) is 9.57 Å². The van der Waals surface area contributed by atoms with Crippen LogP contribution in [0.2, 0.25) is 0 Å². The molecule has 1 fully saturated rings. The van der Waals surface area contributed by atoms with Crippen LogP contribution in [0.15, 0.2) is 39.0 Å². The van der Waals surface area contributed by atoms with Gasteiger partial charge in [0.1, 0.15) is 5.71 Å². The molecular weight excluding hydrogens is 337 g/mol. The van der Waals surface area contributed by atoms with Crippen molar-refractivity contribution in [2.45, 2.75) is 37.2 Å². The van der Waals surface area contributed by atoms with E-state index in [0.717, 1.165) is 18.6 Å². The summed E-state index contributed by atoms with van der Waals surface area (Å²) in [6.07, 6.45) is 9.37. The van der Waals surface area contributed by atoms with E-state index < -0.39 is 5.97 Å². The van der Waals surface area contributed by atoms with Crippen LogP contribution in [0.1, 0.15) is 25.7 Å². The van der Waals surface area contributed by atoms with E-state index in [0.29, 0.717) is 12.0 Å². The van der Waals surface area contributed by atoms with Crippen LogP contribution in [0.4, 0.5) is 0 Å². The van der Waals surface area contributed by atoms with Crippen molar-refractivity contribution in [2.75, 3.05) is 0 Å². The fourth-order valence-corrected chi connectivity index (χ4v) is 5.19. The summed E-state index contributed by atoms with van der Waals surface area (Å²) in [5.41, 5.74) is 2.89. The normalized spacial score (nSPS) is 31.2. The second kappa shape index (κ2) is 5.69. The number of hydrogen-bond acceptors (Lipinski definition) is 5. The molecule has 5 aliphatic rings. The zero-order valence-corrected chi connectivity index (χ0v) is 16.0. The van der Waals surface area contributed by atoms with Gasteiger partial charge in [0.2, 0.25) is 0 Å². The van der Waals surface area contributed by atoms with Gasteiger partial charge in [-0.25, -0.2) is 4.99 Å². The first kappa shape index (κ1) is 16.3. The maximum atomic E-state index is 12.2. The molecule has 4 aliphatic heterocycles. The maximum absolute atomic E-state index is 12.2. The molecule has 0 N–H and O–H groups in total. The van der Waals surface area contributed by atoms with Gasteiger partial charge in [0.15, 0.2) is 11.9 Å². The quantitative estimate of drug-likeness (QED) is 0.232. The number of nitrogens with zero attached hydrogens (tertiary/aromatic N) is 3. The Hall–Kier alpha value is -1.15. The molecule has 0 saturated carbocycles. The van der Waals surface area contributed by atoms with Gasteiger partial charge in [0.25, 0.3) is 5.91 Å². The van der Waals surface area contributed by atoms with E-state index in [-0.39, 0.29) is 52.7 Å². The molecule has 8 heteroatoms. The van der Waals surface area contributed by atoms with Gasteiger partial charge in [-0.15, -0.1) is 0 Å². The van der Waals surface area contributed by atoms with Crippen LogP contribution in [-0.4, -0.2) is 44.8 Å². The maximum Gasteiger partial charge on any atom is 1.00 e. The SMILES string of the molecule is O=C([O-])C1=CCC2/C(=C\C3=NC4SC5=C(CCC5)[N+]4=C3)C(=O)N12.[Na+]. The number of aliphatic imine (C=N–C) groups is 1. The van der Waals surface area contributed by atoms with Gasteiger partial charge in [0, 0.05) is 12.0 Å². The van der Waals surface area contributed by atoms with Crippen molar-refractivity contribution in [2.24, 2.45) is 4.99 Å². The van der Waals surface area contributed by atoms with Crippen molar-refractivity contribution >= 4 is 35.6 Å². The van der Waals surface area contributed by atoms with Crippen molar-refractivity contribution in [1.29, 1.82) is 0 Å². The Kier molecular flexibility index (Phi) is 3.87. The first-order chi connectivity index (χ1) is 11.1. The number of fused-ring (bicyclic) bond motifs is 3. The predicted octanol–water partition coefficient (Wildman–Crippen LogP) is -2.87. The molecule has 4 heterocycles. The smallest absolute Gasteiger partial charge is 0.543 e. The summed E-state index contributed by atoms with van der Waals surface area (Å²) in [4.78, 5) is 30.6. The molecule has 0 aromatic heterocycles.